The van der Waals surface area contributed by atoms with Crippen molar-refractivity contribution >= 4 is 39.4 Å². The standard InChI is InChI=1S/C5H9NO2S3/c7-11(8)2-1-4(3-11)6-5(9)10/h4H,1-3H2,(H2-,6,7,8,9,10)/p+1/t4-/m0/s1. The number of hydrogen-bond acceptors (Lipinski definition) is 2. The fourth-order valence-electron chi connectivity index (χ4n) is 1.10. The molecule has 2 N–H and O–H groups in total. The Labute approximate surface area is 77.6 Å². The minimum atomic E-state index is -2.55. The van der Waals surface area contributed by atoms with E-state index in [9.17, 15) is 4.21 Å². The van der Waals surface area contributed by atoms with Crippen LogP contribution in [0.2, 0.25) is 0 Å². The summed E-state index contributed by atoms with van der Waals surface area (Å²) in [5, 5.41) is 2.85. The average Bonchev–Trinajstić information content (AvgIpc) is 2.08. The Morgan fingerprint density at radius 2 is 2.45 bits per heavy atom. The topological polar surface area (TPSA) is 49.3 Å². The van der Waals surface area contributed by atoms with Crippen LogP contribution in [0.4, 0.5) is 0 Å². The molecule has 3 nitrogen and oxygen atoms in total. The van der Waals surface area contributed by atoms with E-state index in [1.807, 2.05) is 0 Å². The van der Waals surface area contributed by atoms with Crippen molar-refractivity contribution in [1.82, 2.24) is 5.32 Å². The van der Waals surface area contributed by atoms with E-state index in [-0.39, 0.29) is 6.04 Å². The zero-order chi connectivity index (χ0) is 8.48. The lowest BCUT2D eigenvalue weighted by atomic mass is 10.3. The largest absolute Gasteiger partial charge is 0.363 e. The van der Waals surface area contributed by atoms with Crippen molar-refractivity contribution in [3.63, 3.8) is 0 Å². The van der Waals surface area contributed by atoms with Gasteiger partial charge in [0.2, 0.25) is 10.2 Å². The van der Waals surface area contributed by atoms with E-state index in [0.717, 1.165) is 0 Å². The lowest BCUT2D eigenvalue weighted by molar-refractivity contribution is 0.502. The van der Waals surface area contributed by atoms with Gasteiger partial charge in [0.25, 0.3) is 0 Å². The van der Waals surface area contributed by atoms with Gasteiger partial charge in [0, 0.05) is 6.42 Å². The first kappa shape index (κ1) is 9.44. The first-order valence-corrected chi connectivity index (χ1v) is 5.92. The zero-order valence-corrected chi connectivity index (χ0v) is 8.35. The first-order valence-electron chi connectivity index (χ1n) is 3.21. The van der Waals surface area contributed by atoms with Crippen LogP contribution >= 0.6 is 24.8 Å². The predicted molar refractivity (Wildman–Crippen MR) is 53.5 cm³/mol. The molecule has 1 fully saturated rings. The molecule has 0 radical (unpaired) electrons. The normalized spacial score (nSPS) is 37.1. The van der Waals surface area contributed by atoms with E-state index < -0.39 is 10.2 Å². The fourth-order valence-corrected chi connectivity index (χ4v) is 3.14. The lowest BCUT2D eigenvalue weighted by Gasteiger charge is -2.06. The second-order valence-electron chi connectivity index (χ2n) is 2.58. The third kappa shape index (κ3) is 3.06. The summed E-state index contributed by atoms with van der Waals surface area (Å²) >= 11 is 8.56. The molecule has 0 aromatic rings. The molecule has 1 unspecified atom stereocenters. The van der Waals surface area contributed by atoms with E-state index >= 15 is 0 Å². The van der Waals surface area contributed by atoms with Crippen LogP contribution in [-0.2, 0) is 14.4 Å². The molecule has 0 bridgehead atoms. The smallest absolute Gasteiger partial charge is 0.216 e. The molecule has 1 saturated heterocycles. The molecule has 1 aliphatic rings. The SMILES string of the molecule is O=[S+]1(O)CC[C@H](NC(=S)S)C1. The third-order valence-corrected chi connectivity index (χ3v) is 3.62. The van der Waals surface area contributed by atoms with Gasteiger partial charge < -0.3 is 5.32 Å². The highest BCUT2D eigenvalue weighted by Crippen LogP contribution is 2.16. The first-order chi connectivity index (χ1) is 4.99. The number of thiol groups is 1. The second kappa shape index (κ2) is 3.38. The highest BCUT2D eigenvalue weighted by atomic mass is 32.3. The van der Waals surface area contributed by atoms with Crippen molar-refractivity contribution in [2.45, 2.75) is 12.5 Å². The van der Waals surface area contributed by atoms with Crippen molar-refractivity contribution in [3.8, 4) is 0 Å². The molecule has 11 heavy (non-hydrogen) atoms. The highest BCUT2D eigenvalue weighted by Gasteiger charge is 2.38. The molecule has 6 heteroatoms. The minimum absolute atomic E-state index is 0.0394. The van der Waals surface area contributed by atoms with Crippen LogP contribution < -0.4 is 5.32 Å². The van der Waals surface area contributed by atoms with Gasteiger partial charge in [0.15, 0.2) is 5.75 Å². The van der Waals surface area contributed by atoms with Gasteiger partial charge >= 0.3 is 0 Å². The maximum Gasteiger partial charge on any atom is 0.216 e. The summed E-state index contributed by atoms with van der Waals surface area (Å²) in [6.45, 7) is 0. The molecule has 0 aliphatic carbocycles. The van der Waals surface area contributed by atoms with Crippen LogP contribution in [0.5, 0.6) is 0 Å². The molecular weight excluding hydrogens is 202 g/mol. The van der Waals surface area contributed by atoms with Crippen LogP contribution in [0.1, 0.15) is 6.42 Å². The molecule has 64 valence electrons. The van der Waals surface area contributed by atoms with Crippen molar-refractivity contribution in [3.05, 3.63) is 0 Å². The summed E-state index contributed by atoms with van der Waals surface area (Å²) in [6, 6.07) is 0.0394. The minimum Gasteiger partial charge on any atom is -0.363 e. The molecular formula is C5H10NO2S3+. The van der Waals surface area contributed by atoms with Crippen LogP contribution in [0.15, 0.2) is 0 Å². The molecule has 1 aliphatic heterocycles. The predicted octanol–water partition coefficient (Wildman–Crippen LogP) is 0.536. The van der Waals surface area contributed by atoms with Crippen molar-refractivity contribution in [1.29, 1.82) is 0 Å². The van der Waals surface area contributed by atoms with E-state index in [2.05, 4.69) is 30.2 Å². The Bertz CT molecular complexity index is 218. The van der Waals surface area contributed by atoms with Crippen LogP contribution in [0.25, 0.3) is 0 Å². The molecule has 1 heterocycles. The van der Waals surface area contributed by atoms with Gasteiger partial charge in [0.1, 0.15) is 10.1 Å². The summed E-state index contributed by atoms with van der Waals surface area (Å²) in [5.74, 6) is 0.675. The van der Waals surface area contributed by atoms with E-state index in [4.69, 9.17) is 4.55 Å². The van der Waals surface area contributed by atoms with Crippen LogP contribution in [0.3, 0.4) is 0 Å². The number of hydrogen-bond donors (Lipinski definition) is 3. The summed E-state index contributed by atoms with van der Waals surface area (Å²) in [6.07, 6.45) is 0.704. The highest BCUT2D eigenvalue weighted by molar-refractivity contribution is 8.11. The van der Waals surface area contributed by atoms with Crippen molar-refractivity contribution in [2.24, 2.45) is 0 Å². The van der Waals surface area contributed by atoms with Gasteiger partial charge in [0.05, 0.1) is 6.04 Å². The average molecular weight is 212 g/mol. The zero-order valence-electron chi connectivity index (χ0n) is 5.82. The Hall–Kier alpha value is 0.350. The van der Waals surface area contributed by atoms with Gasteiger partial charge in [-0.15, -0.1) is 12.6 Å². The van der Waals surface area contributed by atoms with E-state index in [1.54, 1.807) is 0 Å². The van der Waals surface area contributed by atoms with Crippen molar-refractivity contribution < 1.29 is 8.76 Å². The summed E-state index contributed by atoms with van der Waals surface area (Å²) in [7, 11) is -2.55. The van der Waals surface area contributed by atoms with Gasteiger partial charge in [-0.2, -0.15) is 4.55 Å². The van der Waals surface area contributed by atoms with Crippen molar-refractivity contribution in [2.75, 3.05) is 11.5 Å². The summed E-state index contributed by atoms with van der Waals surface area (Å²) in [5.41, 5.74) is 0. The molecule has 0 amide bonds. The monoisotopic (exact) mass is 212 g/mol. The second-order valence-corrected chi connectivity index (χ2v) is 6.02. The van der Waals surface area contributed by atoms with Gasteiger partial charge in [-0.25, -0.2) is 0 Å². The van der Waals surface area contributed by atoms with Gasteiger partial charge in [-0.1, -0.05) is 16.4 Å². The quantitative estimate of drug-likeness (QED) is 0.337. The molecule has 0 aromatic heterocycles. The Morgan fingerprint density at radius 1 is 1.82 bits per heavy atom. The van der Waals surface area contributed by atoms with Crippen LogP contribution in [0, 0.1) is 0 Å². The van der Waals surface area contributed by atoms with E-state index in [0.29, 0.717) is 22.2 Å². The maximum atomic E-state index is 11.0. The van der Waals surface area contributed by atoms with Crippen LogP contribution in [-0.4, -0.2) is 26.4 Å². The third-order valence-electron chi connectivity index (χ3n) is 1.57. The molecule has 0 aromatic carbocycles. The number of rotatable bonds is 1. The summed E-state index contributed by atoms with van der Waals surface area (Å²) < 4.78 is 20.5. The molecule has 2 atom stereocenters. The fraction of sp³-hybridized carbons (Fsp3) is 0.800. The Morgan fingerprint density at radius 3 is 2.82 bits per heavy atom. The molecule has 1 rings (SSSR count). The number of thiocarbonyl (C=S) groups is 1. The molecule has 0 spiro atoms. The van der Waals surface area contributed by atoms with Gasteiger partial charge in [-0.05, 0) is 0 Å². The van der Waals surface area contributed by atoms with Gasteiger partial charge in [-0.3, -0.25) is 0 Å². The van der Waals surface area contributed by atoms with E-state index in [1.165, 1.54) is 0 Å². The Kier molecular flexibility index (Phi) is 2.90. The summed E-state index contributed by atoms with van der Waals surface area (Å²) in [4.78, 5) is 0. The molecule has 0 saturated carbocycles. The maximum absolute atomic E-state index is 11.0. The number of nitrogens with one attached hydrogen (secondary N) is 1. The lowest BCUT2D eigenvalue weighted by Crippen LogP contribution is -2.32. The Balaban J connectivity index is 2.43.